The first-order valence-corrected chi connectivity index (χ1v) is 12.3. The number of non-ortho nitro benzene ring substituents is 1. The molecule has 2 aliphatic rings. The summed E-state index contributed by atoms with van der Waals surface area (Å²) in [6, 6.07) is 10.2. The van der Waals surface area contributed by atoms with Crippen molar-refractivity contribution in [3.05, 3.63) is 58.1 Å². The lowest BCUT2D eigenvalue weighted by Crippen LogP contribution is -2.40. The molecule has 1 N–H and O–H groups in total. The van der Waals surface area contributed by atoms with Crippen LogP contribution in [-0.4, -0.2) is 62.9 Å². The van der Waals surface area contributed by atoms with Crippen LogP contribution in [-0.2, 0) is 14.8 Å². The van der Waals surface area contributed by atoms with E-state index in [0.29, 0.717) is 24.6 Å². The number of carbonyl (C=O) groups is 1. The quantitative estimate of drug-likeness (QED) is 0.505. The van der Waals surface area contributed by atoms with Gasteiger partial charge >= 0.3 is 0 Å². The highest BCUT2D eigenvalue weighted by molar-refractivity contribution is 7.89. The highest BCUT2D eigenvalue weighted by Gasteiger charge is 2.29. The third-order valence-electron chi connectivity index (χ3n) is 5.85. The molecule has 0 bridgehead atoms. The molecular formula is C22H26N4O6S. The molecular weight excluding hydrogens is 448 g/mol. The Morgan fingerprint density at radius 2 is 1.64 bits per heavy atom. The highest BCUT2D eigenvalue weighted by Crippen LogP contribution is 2.29. The number of ether oxygens (including phenoxy) is 1. The van der Waals surface area contributed by atoms with E-state index >= 15 is 0 Å². The summed E-state index contributed by atoms with van der Waals surface area (Å²) in [7, 11) is -3.77. The van der Waals surface area contributed by atoms with E-state index in [1.165, 1.54) is 34.6 Å². The largest absolute Gasteiger partial charge is 0.379 e. The van der Waals surface area contributed by atoms with Gasteiger partial charge in [0, 0.05) is 49.7 Å². The summed E-state index contributed by atoms with van der Waals surface area (Å²) in [5.74, 6) is -0.469. The molecule has 0 aliphatic carbocycles. The topological polar surface area (TPSA) is 122 Å². The van der Waals surface area contributed by atoms with E-state index < -0.39 is 20.9 Å². The normalized spacial score (nSPS) is 17.5. The van der Waals surface area contributed by atoms with Gasteiger partial charge in [0.25, 0.3) is 11.6 Å². The van der Waals surface area contributed by atoms with Gasteiger partial charge in [0.2, 0.25) is 10.0 Å². The Morgan fingerprint density at radius 3 is 2.27 bits per heavy atom. The van der Waals surface area contributed by atoms with Gasteiger partial charge in [-0.1, -0.05) is 0 Å². The second-order valence-corrected chi connectivity index (χ2v) is 9.94. The van der Waals surface area contributed by atoms with Crippen LogP contribution in [0.4, 0.5) is 17.1 Å². The van der Waals surface area contributed by atoms with Gasteiger partial charge in [-0.15, -0.1) is 0 Å². The molecule has 11 heteroatoms. The summed E-state index contributed by atoms with van der Waals surface area (Å²) in [6.45, 7) is 2.76. The van der Waals surface area contributed by atoms with Gasteiger partial charge in [-0.3, -0.25) is 14.9 Å². The maximum atomic E-state index is 13.3. The maximum absolute atomic E-state index is 13.3. The standard InChI is InChI=1S/C22H26N4O6S/c27-22(23-17-4-6-18(7-5-17)26(28)29)20-16-19(33(30,31)25-12-14-32-15-13-25)8-9-21(20)24-10-2-1-3-11-24/h4-9,16H,1-3,10-15H2,(H,23,27). The maximum Gasteiger partial charge on any atom is 0.269 e. The summed E-state index contributed by atoms with van der Waals surface area (Å²) in [6.07, 6.45) is 3.11. The van der Waals surface area contributed by atoms with Crippen molar-refractivity contribution in [3.8, 4) is 0 Å². The predicted octanol–water partition coefficient (Wildman–Crippen LogP) is 2.86. The minimum Gasteiger partial charge on any atom is -0.379 e. The van der Waals surface area contributed by atoms with Crippen molar-refractivity contribution in [1.29, 1.82) is 0 Å². The highest BCUT2D eigenvalue weighted by atomic mass is 32.2. The van der Waals surface area contributed by atoms with Gasteiger partial charge in [-0.25, -0.2) is 8.42 Å². The monoisotopic (exact) mass is 474 g/mol. The summed E-state index contributed by atoms with van der Waals surface area (Å²) < 4.78 is 33.0. The molecule has 0 unspecified atom stereocenters. The Labute approximate surface area is 192 Å². The van der Waals surface area contributed by atoms with Crippen LogP contribution in [0.15, 0.2) is 47.4 Å². The molecule has 0 spiro atoms. The number of morpholine rings is 1. The van der Waals surface area contributed by atoms with Gasteiger partial charge in [0.15, 0.2) is 0 Å². The summed E-state index contributed by atoms with van der Waals surface area (Å²) in [4.78, 5) is 25.8. The van der Waals surface area contributed by atoms with E-state index in [1.807, 2.05) is 0 Å². The van der Waals surface area contributed by atoms with Crippen molar-refractivity contribution in [2.75, 3.05) is 49.6 Å². The number of benzene rings is 2. The average Bonchev–Trinajstić information content (AvgIpc) is 2.85. The van der Waals surface area contributed by atoms with Crippen LogP contribution in [0.3, 0.4) is 0 Å². The van der Waals surface area contributed by atoms with Crippen LogP contribution in [0.25, 0.3) is 0 Å². The van der Waals surface area contributed by atoms with Gasteiger partial charge in [-0.2, -0.15) is 4.31 Å². The number of nitrogens with zero attached hydrogens (tertiary/aromatic N) is 3. The number of sulfonamides is 1. The molecule has 2 aromatic carbocycles. The second-order valence-electron chi connectivity index (χ2n) is 8.00. The van der Waals surface area contributed by atoms with E-state index in [9.17, 15) is 23.3 Å². The van der Waals surface area contributed by atoms with E-state index in [0.717, 1.165) is 32.4 Å². The fraction of sp³-hybridized carbons (Fsp3) is 0.409. The van der Waals surface area contributed by atoms with Gasteiger partial charge in [-0.05, 0) is 49.6 Å². The van der Waals surface area contributed by atoms with Crippen molar-refractivity contribution < 1.29 is 22.9 Å². The Hall–Kier alpha value is -3.02. The van der Waals surface area contributed by atoms with Crippen LogP contribution in [0.2, 0.25) is 0 Å². The molecule has 176 valence electrons. The zero-order valence-corrected chi connectivity index (χ0v) is 18.9. The predicted molar refractivity (Wildman–Crippen MR) is 123 cm³/mol. The number of nitrogens with one attached hydrogen (secondary N) is 1. The molecule has 0 radical (unpaired) electrons. The molecule has 0 aromatic heterocycles. The number of piperidine rings is 1. The Kier molecular flexibility index (Phi) is 6.91. The third kappa shape index (κ3) is 5.15. The van der Waals surface area contributed by atoms with Crippen molar-refractivity contribution in [2.45, 2.75) is 24.2 Å². The van der Waals surface area contributed by atoms with Crippen LogP contribution in [0.1, 0.15) is 29.6 Å². The number of carbonyl (C=O) groups excluding carboxylic acids is 1. The summed E-state index contributed by atoms with van der Waals surface area (Å²) in [5, 5.41) is 13.6. The average molecular weight is 475 g/mol. The van der Waals surface area contributed by atoms with Crippen LogP contribution >= 0.6 is 0 Å². The molecule has 2 heterocycles. The molecule has 33 heavy (non-hydrogen) atoms. The molecule has 0 saturated carbocycles. The number of nitro benzene ring substituents is 1. The van der Waals surface area contributed by atoms with E-state index in [1.54, 1.807) is 12.1 Å². The van der Waals surface area contributed by atoms with Crippen LogP contribution in [0, 0.1) is 10.1 Å². The molecule has 10 nitrogen and oxygen atoms in total. The molecule has 4 rings (SSSR count). The van der Waals surface area contributed by atoms with Crippen molar-refractivity contribution in [2.24, 2.45) is 0 Å². The number of amides is 1. The van der Waals surface area contributed by atoms with Crippen LogP contribution in [0.5, 0.6) is 0 Å². The molecule has 2 aliphatic heterocycles. The number of hydrogen-bond acceptors (Lipinski definition) is 7. The summed E-state index contributed by atoms with van der Waals surface area (Å²) >= 11 is 0. The first-order chi connectivity index (χ1) is 15.9. The number of nitro groups is 1. The number of hydrogen-bond donors (Lipinski definition) is 1. The zero-order chi connectivity index (χ0) is 23.4. The SMILES string of the molecule is O=C(Nc1ccc([N+](=O)[O-])cc1)c1cc(S(=O)(=O)N2CCOCC2)ccc1N1CCCCC1. The van der Waals surface area contributed by atoms with E-state index in [4.69, 9.17) is 4.74 Å². The molecule has 0 atom stereocenters. The third-order valence-corrected chi connectivity index (χ3v) is 7.75. The fourth-order valence-electron chi connectivity index (χ4n) is 4.07. The Morgan fingerprint density at radius 1 is 0.970 bits per heavy atom. The number of rotatable bonds is 6. The molecule has 2 saturated heterocycles. The van der Waals surface area contributed by atoms with Crippen molar-refractivity contribution in [1.82, 2.24) is 4.31 Å². The lowest BCUT2D eigenvalue weighted by atomic mass is 10.1. The smallest absolute Gasteiger partial charge is 0.269 e. The van der Waals surface area contributed by atoms with E-state index in [-0.39, 0.29) is 29.2 Å². The molecule has 1 amide bonds. The first-order valence-electron chi connectivity index (χ1n) is 10.9. The van der Waals surface area contributed by atoms with Gasteiger partial charge < -0.3 is 15.0 Å². The van der Waals surface area contributed by atoms with Crippen molar-refractivity contribution >= 4 is 33.0 Å². The first kappa shape index (κ1) is 23.1. The number of anilines is 2. The zero-order valence-electron chi connectivity index (χ0n) is 18.1. The molecule has 2 aromatic rings. The Bertz CT molecular complexity index is 1120. The lowest BCUT2D eigenvalue weighted by molar-refractivity contribution is -0.384. The van der Waals surface area contributed by atoms with Crippen molar-refractivity contribution in [3.63, 3.8) is 0 Å². The van der Waals surface area contributed by atoms with E-state index in [2.05, 4.69) is 10.2 Å². The molecule has 2 fully saturated rings. The summed E-state index contributed by atoms with van der Waals surface area (Å²) in [5.41, 5.74) is 1.23. The van der Waals surface area contributed by atoms with Gasteiger partial charge in [0.1, 0.15) is 0 Å². The second kappa shape index (κ2) is 9.86. The Balaban J connectivity index is 1.67. The fourth-order valence-corrected chi connectivity index (χ4v) is 5.50. The minimum atomic E-state index is -3.77. The lowest BCUT2D eigenvalue weighted by Gasteiger charge is -2.31. The minimum absolute atomic E-state index is 0.0546. The van der Waals surface area contributed by atoms with Gasteiger partial charge in [0.05, 0.1) is 28.6 Å². The van der Waals surface area contributed by atoms with Crippen LogP contribution < -0.4 is 10.2 Å².